The first-order valence-electron chi connectivity index (χ1n) is 12.8. The summed E-state index contributed by atoms with van der Waals surface area (Å²) in [5.41, 5.74) is -2.64. The lowest BCUT2D eigenvalue weighted by atomic mass is 9.37. The van der Waals surface area contributed by atoms with E-state index in [1.165, 1.54) is 13.0 Å². The van der Waals surface area contributed by atoms with E-state index in [9.17, 15) is 14.4 Å². The highest BCUT2D eigenvalue weighted by atomic mass is 16.7. The molecule has 194 valence electrons. The number of rotatable bonds is 2. The van der Waals surface area contributed by atoms with Crippen LogP contribution in [0.25, 0.3) is 0 Å². The maximum atomic E-state index is 13.3. The van der Waals surface area contributed by atoms with Crippen LogP contribution in [0.15, 0.2) is 35.2 Å². The normalized spacial score (nSPS) is 48.2. The van der Waals surface area contributed by atoms with E-state index < -0.39 is 51.7 Å². The second kappa shape index (κ2) is 7.03. The van der Waals surface area contributed by atoms with Crippen LogP contribution in [0.1, 0.15) is 72.5 Å². The van der Waals surface area contributed by atoms with Gasteiger partial charge in [-0.05, 0) is 50.5 Å². The molecule has 5 aliphatic rings. The minimum absolute atomic E-state index is 0.0490. The van der Waals surface area contributed by atoms with Gasteiger partial charge in [0.25, 0.3) is 0 Å². The number of carbonyl (C=O) groups is 3. The molecule has 1 aromatic heterocycles. The fourth-order valence-electron chi connectivity index (χ4n) is 9.13. The van der Waals surface area contributed by atoms with E-state index in [0.29, 0.717) is 6.42 Å². The first-order chi connectivity index (χ1) is 16.8. The molecule has 2 saturated heterocycles. The van der Waals surface area contributed by atoms with Crippen molar-refractivity contribution in [2.45, 2.75) is 90.3 Å². The number of hydrogen-bond acceptors (Lipinski definition) is 8. The van der Waals surface area contributed by atoms with Gasteiger partial charge in [-0.3, -0.25) is 4.79 Å². The monoisotopic (exact) mass is 498 g/mol. The van der Waals surface area contributed by atoms with Gasteiger partial charge in [-0.2, -0.15) is 0 Å². The second-order valence-electron chi connectivity index (χ2n) is 12.5. The number of fused-ring (bicyclic) bond motifs is 3. The van der Waals surface area contributed by atoms with Gasteiger partial charge in [-0.25, -0.2) is 9.59 Å². The average molecular weight is 499 g/mol. The highest BCUT2D eigenvalue weighted by molar-refractivity contribution is 5.83. The Morgan fingerprint density at radius 1 is 1.08 bits per heavy atom. The van der Waals surface area contributed by atoms with Crippen molar-refractivity contribution >= 4 is 17.9 Å². The lowest BCUT2D eigenvalue weighted by Gasteiger charge is -2.67. The molecule has 0 unspecified atom stereocenters. The molecule has 1 aromatic rings. The molecule has 0 bridgehead atoms. The minimum atomic E-state index is -0.899. The lowest BCUT2D eigenvalue weighted by molar-refractivity contribution is -0.257. The first-order valence-corrected chi connectivity index (χ1v) is 12.8. The largest absolute Gasteiger partial charge is 0.472 e. The van der Waals surface area contributed by atoms with Gasteiger partial charge in [0.15, 0.2) is 6.10 Å². The fraction of sp³-hybridized carbons (Fsp3) is 0.679. The van der Waals surface area contributed by atoms with E-state index in [0.717, 1.165) is 18.4 Å². The third-order valence-electron chi connectivity index (χ3n) is 10.5. The van der Waals surface area contributed by atoms with Gasteiger partial charge in [0, 0.05) is 35.3 Å². The van der Waals surface area contributed by atoms with E-state index >= 15 is 0 Å². The number of furan rings is 1. The standard InChI is InChI=1S/C28H34O8/c1-15(29)33-19-13-18-24(2,3)35-20(30)8-10-25(18,4)17-7-11-26(5)21(16-9-12-32-14-16)34-23(31)22-28(26,36-22)27(17,19)6/h8-10,12,14,17-19,21-22H,7,11,13H2,1-6H3/t17-,18-,19-,21+,22-,25-,26+,27+,28-/m1/s1. The molecule has 0 amide bonds. The number of epoxide rings is 1. The van der Waals surface area contributed by atoms with Crippen LogP contribution >= 0.6 is 0 Å². The topological polar surface area (TPSA) is 105 Å². The summed E-state index contributed by atoms with van der Waals surface area (Å²) in [6.07, 6.45) is 6.89. The summed E-state index contributed by atoms with van der Waals surface area (Å²) in [6.45, 7) is 11.7. The van der Waals surface area contributed by atoms with Crippen LogP contribution in [-0.2, 0) is 33.3 Å². The maximum Gasteiger partial charge on any atom is 0.339 e. The van der Waals surface area contributed by atoms with E-state index in [2.05, 4.69) is 20.8 Å². The molecule has 8 nitrogen and oxygen atoms in total. The van der Waals surface area contributed by atoms with Gasteiger partial charge in [-0.1, -0.05) is 26.8 Å². The molecule has 0 aromatic carbocycles. The van der Waals surface area contributed by atoms with E-state index in [1.54, 1.807) is 12.5 Å². The van der Waals surface area contributed by atoms with Crippen molar-refractivity contribution in [1.29, 1.82) is 0 Å². The summed E-state index contributed by atoms with van der Waals surface area (Å²) in [5, 5.41) is 0. The Morgan fingerprint density at radius 3 is 2.50 bits per heavy atom. The third kappa shape index (κ3) is 2.66. The predicted octanol–water partition coefficient (Wildman–Crippen LogP) is 4.29. The number of ether oxygens (including phenoxy) is 4. The molecule has 2 saturated carbocycles. The van der Waals surface area contributed by atoms with Gasteiger partial charge in [0.05, 0.1) is 12.5 Å². The van der Waals surface area contributed by atoms with Crippen LogP contribution in [0.3, 0.4) is 0 Å². The molecule has 1 spiro atoms. The van der Waals surface area contributed by atoms with Crippen LogP contribution in [0, 0.1) is 28.1 Å². The van der Waals surface area contributed by atoms with Crippen molar-refractivity contribution in [3.8, 4) is 0 Å². The number of cyclic esters (lactones) is 2. The highest BCUT2D eigenvalue weighted by Gasteiger charge is 2.88. The number of allylic oxidation sites excluding steroid dienone is 1. The van der Waals surface area contributed by atoms with E-state index in [-0.39, 0.29) is 23.8 Å². The van der Waals surface area contributed by atoms with Gasteiger partial charge < -0.3 is 23.4 Å². The fourth-order valence-corrected chi connectivity index (χ4v) is 9.13. The Balaban J connectivity index is 1.55. The highest BCUT2D eigenvalue weighted by Crippen LogP contribution is 2.79. The molecule has 36 heavy (non-hydrogen) atoms. The van der Waals surface area contributed by atoms with Gasteiger partial charge in [-0.15, -0.1) is 0 Å². The van der Waals surface area contributed by atoms with Crippen molar-refractivity contribution in [1.82, 2.24) is 0 Å². The molecule has 4 fully saturated rings. The summed E-state index contributed by atoms with van der Waals surface area (Å²) in [6, 6.07) is 1.83. The van der Waals surface area contributed by atoms with Crippen molar-refractivity contribution in [3.05, 3.63) is 36.3 Å². The summed E-state index contributed by atoms with van der Waals surface area (Å²) in [7, 11) is 0. The Kier molecular flexibility index (Phi) is 4.64. The van der Waals surface area contributed by atoms with Crippen LogP contribution in [0.4, 0.5) is 0 Å². The van der Waals surface area contributed by atoms with Gasteiger partial charge >= 0.3 is 17.9 Å². The smallest absolute Gasteiger partial charge is 0.339 e. The number of hydrogen-bond donors (Lipinski definition) is 0. The zero-order valence-corrected chi connectivity index (χ0v) is 21.7. The summed E-state index contributed by atoms with van der Waals surface area (Å²) in [4.78, 5) is 38.3. The summed E-state index contributed by atoms with van der Waals surface area (Å²) >= 11 is 0. The molecular formula is C28H34O8. The van der Waals surface area contributed by atoms with Gasteiger partial charge in [0.2, 0.25) is 0 Å². The van der Waals surface area contributed by atoms with Crippen molar-refractivity contribution < 1.29 is 37.7 Å². The van der Waals surface area contributed by atoms with Crippen LogP contribution < -0.4 is 0 Å². The average Bonchev–Trinajstić information content (AvgIpc) is 3.38. The molecular weight excluding hydrogens is 464 g/mol. The third-order valence-corrected chi connectivity index (χ3v) is 10.5. The molecule has 0 N–H and O–H groups in total. The Morgan fingerprint density at radius 2 is 1.83 bits per heavy atom. The van der Waals surface area contributed by atoms with Crippen molar-refractivity contribution in [2.24, 2.45) is 28.1 Å². The SMILES string of the molecule is CC(=O)O[C@@H]1C[C@@H]2C(C)(C)OC(=O)C=C[C@]2(C)[C@H]2CC[C@@]3(C)[C@H](c4ccoc4)OC(=O)[C@H]4O[C@]43[C@@]21C. The molecule has 0 radical (unpaired) electrons. The molecule has 8 heteroatoms. The Hall–Kier alpha value is -2.61. The zero-order chi connectivity index (χ0) is 25.9. The lowest BCUT2D eigenvalue weighted by Crippen LogP contribution is -2.72. The first kappa shape index (κ1) is 23.8. The van der Waals surface area contributed by atoms with Crippen molar-refractivity contribution in [2.75, 3.05) is 0 Å². The van der Waals surface area contributed by atoms with Gasteiger partial charge in [0.1, 0.15) is 23.4 Å². The van der Waals surface area contributed by atoms with Crippen LogP contribution in [0.2, 0.25) is 0 Å². The maximum absolute atomic E-state index is 13.3. The molecule has 9 atom stereocenters. The molecule has 2 aliphatic carbocycles. The minimum Gasteiger partial charge on any atom is -0.472 e. The van der Waals surface area contributed by atoms with Crippen LogP contribution in [0.5, 0.6) is 0 Å². The zero-order valence-electron chi connectivity index (χ0n) is 21.7. The summed E-state index contributed by atoms with van der Waals surface area (Å²) in [5.74, 6) is -1.31. The summed E-state index contributed by atoms with van der Waals surface area (Å²) < 4.78 is 29.8. The Bertz CT molecular complexity index is 1170. The van der Waals surface area contributed by atoms with E-state index in [4.69, 9.17) is 23.4 Å². The second-order valence-corrected chi connectivity index (χ2v) is 12.5. The van der Waals surface area contributed by atoms with E-state index in [1.807, 2.05) is 26.0 Å². The van der Waals surface area contributed by atoms with Crippen molar-refractivity contribution in [3.63, 3.8) is 0 Å². The quantitative estimate of drug-likeness (QED) is 0.338. The molecule has 6 rings (SSSR count). The number of carbonyl (C=O) groups excluding carboxylic acids is 3. The number of esters is 3. The molecule has 4 heterocycles. The Labute approximate surface area is 210 Å². The predicted molar refractivity (Wildman–Crippen MR) is 125 cm³/mol. The molecule has 3 aliphatic heterocycles. The van der Waals surface area contributed by atoms with Crippen LogP contribution in [-0.4, -0.2) is 41.3 Å².